The summed E-state index contributed by atoms with van der Waals surface area (Å²) in [5.41, 5.74) is 3.34. The van der Waals surface area contributed by atoms with Gasteiger partial charge in [0.2, 0.25) is 5.91 Å². The summed E-state index contributed by atoms with van der Waals surface area (Å²) in [5.74, 6) is -0.501. The second-order valence-corrected chi connectivity index (χ2v) is 10.1. The molecule has 0 spiro atoms. The van der Waals surface area contributed by atoms with E-state index in [1.165, 1.54) is 23.5 Å². The molecule has 1 aliphatic rings. The lowest BCUT2D eigenvalue weighted by Gasteiger charge is -2.18. The van der Waals surface area contributed by atoms with E-state index in [1.807, 2.05) is 60.7 Å². The van der Waals surface area contributed by atoms with Crippen LogP contribution in [0.5, 0.6) is 0 Å². The quantitative estimate of drug-likeness (QED) is 0.224. The number of ether oxygens (including phenoxy) is 1. The lowest BCUT2D eigenvalue weighted by atomic mass is 9.88. The van der Waals surface area contributed by atoms with Crippen molar-refractivity contribution in [2.45, 2.75) is 26.2 Å². The molecule has 1 atom stereocenters. The maximum Gasteiger partial charge on any atom is 0.330 e. The molecule has 1 aliphatic carbocycles. The van der Waals surface area contributed by atoms with Crippen LogP contribution in [0.25, 0.3) is 12.2 Å². The van der Waals surface area contributed by atoms with Crippen molar-refractivity contribution in [1.29, 1.82) is 0 Å². The first-order valence-corrected chi connectivity index (χ1v) is 13.2. The van der Waals surface area contributed by atoms with E-state index < -0.39 is 5.97 Å². The summed E-state index contributed by atoms with van der Waals surface area (Å²) in [6.07, 6.45) is 8.94. The van der Waals surface area contributed by atoms with Crippen molar-refractivity contribution in [3.05, 3.63) is 99.9 Å². The number of esters is 1. The van der Waals surface area contributed by atoms with E-state index in [0.29, 0.717) is 16.5 Å². The minimum Gasteiger partial charge on any atom is -0.461 e. The molecule has 0 fully saturated rings. The van der Waals surface area contributed by atoms with Crippen LogP contribution >= 0.6 is 11.3 Å². The average Bonchev–Trinajstić information content (AvgIpc) is 3.26. The Bertz CT molecular complexity index is 1300. The number of amides is 2. The van der Waals surface area contributed by atoms with Crippen LogP contribution in [0, 0.1) is 5.92 Å². The van der Waals surface area contributed by atoms with Gasteiger partial charge in [-0.1, -0.05) is 67.6 Å². The number of carbonyl (C=O) groups is 3. The highest BCUT2D eigenvalue weighted by atomic mass is 32.1. The number of hydrogen-bond donors (Lipinski definition) is 2. The lowest BCUT2D eigenvalue weighted by Crippen LogP contribution is -2.29. The fraction of sp³-hybridized carbons (Fsp3) is 0.233. The molecule has 6 nitrogen and oxygen atoms in total. The average molecular weight is 515 g/mol. The Labute approximate surface area is 221 Å². The van der Waals surface area contributed by atoms with Gasteiger partial charge in [-0.05, 0) is 54.0 Å². The summed E-state index contributed by atoms with van der Waals surface area (Å²) in [4.78, 5) is 38.9. The standard InChI is InChI=1S/C30H30N2O4S/c1-21-12-15-24-25(20-21)37-30(32-26(33)16-13-22-8-4-2-5-9-22)28(24)29(35)31-18-19-36-27(34)17-14-23-10-6-3-7-11-23/h2-11,13-14,16-17,21H,12,15,18-20H2,1H3,(H,31,35)(H,32,33)/b16-13+,17-14+. The SMILES string of the molecule is CC1CCc2c(sc(NC(=O)/C=C/c3ccccc3)c2C(=O)NCCOC(=O)/C=C/c2ccccc2)C1. The molecule has 7 heteroatoms. The van der Waals surface area contributed by atoms with Gasteiger partial charge in [-0.3, -0.25) is 9.59 Å². The van der Waals surface area contributed by atoms with Crippen LogP contribution < -0.4 is 10.6 Å². The molecule has 2 amide bonds. The minimum absolute atomic E-state index is 0.0502. The molecule has 3 aromatic rings. The van der Waals surface area contributed by atoms with Gasteiger partial charge in [-0.25, -0.2) is 4.79 Å². The molecule has 1 unspecified atom stereocenters. The molecule has 0 radical (unpaired) electrons. The van der Waals surface area contributed by atoms with Crippen LogP contribution in [0.1, 0.15) is 45.3 Å². The number of anilines is 1. The van der Waals surface area contributed by atoms with Crippen molar-refractivity contribution < 1.29 is 19.1 Å². The van der Waals surface area contributed by atoms with Crippen LogP contribution in [0.3, 0.4) is 0 Å². The Balaban J connectivity index is 1.37. The van der Waals surface area contributed by atoms with Crippen LogP contribution in [0.15, 0.2) is 72.8 Å². The molecular weight excluding hydrogens is 484 g/mol. The summed E-state index contributed by atoms with van der Waals surface area (Å²) in [6.45, 7) is 2.42. The molecule has 37 heavy (non-hydrogen) atoms. The normalized spacial score (nSPS) is 14.9. The fourth-order valence-electron chi connectivity index (χ4n) is 4.15. The second-order valence-electron chi connectivity index (χ2n) is 8.96. The third kappa shape index (κ3) is 7.51. The molecule has 1 aromatic heterocycles. The van der Waals surface area contributed by atoms with E-state index in [-0.39, 0.29) is 25.0 Å². The van der Waals surface area contributed by atoms with Gasteiger partial charge in [-0.15, -0.1) is 11.3 Å². The monoisotopic (exact) mass is 514 g/mol. The third-order valence-corrected chi connectivity index (χ3v) is 7.22. The molecule has 0 aliphatic heterocycles. The van der Waals surface area contributed by atoms with Gasteiger partial charge >= 0.3 is 5.97 Å². The van der Waals surface area contributed by atoms with Gasteiger partial charge in [0.25, 0.3) is 5.91 Å². The van der Waals surface area contributed by atoms with Crippen LogP contribution in [-0.4, -0.2) is 30.9 Å². The zero-order valence-corrected chi connectivity index (χ0v) is 21.6. The van der Waals surface area contributed by atoms with Crippen molar-refractivity contribution in [3.8, 4) is 0 Å². The van der Waals surface area contributed by atoms with Crippen molar-refractivity contribution >= 4 is 46.3 Å². The van der Waals surface area contributed by atoms with Gasteiger partial charge in [0.1, 0.15) is 11.6 Å². The zero-order chi connectivity index (χ0) is 26.0. The van der Waals surface area contributed by atoms with Gasteiger partial charge in [0.15, 0.2) is 0 Å². The smallest absolute Gasteiger partial charge is 0.330 e. The van der Waals surface area contributed by atoms with Crippen LogP contribution in [0.2, 0.25) is 0 Å². The van der Waals surface area contributed by atoms with E-state index >= 15 is 0 Å². The van der Waals surface area contributed by atoms with Crippen LogP contribution in [0.4, 0.5) is 5.00 Å². The number of benzene rings is 2. The molecule has 0 bridgehead atoms. The summed E-state index contributed by atoms with van der Waals surface area (Å²) in [6, 6.07) is 19.0. The van der Waals surface area contributed by atoms with Gasteiger partial charge < -0.3 is 15.4 Å². The minimum atomic E-state index is -0.474. The third-order valence-electron chi connectivity index (χ3n) is 6.05. The molecule has 190 valence electrons. The predicted molar refractivity (Wildman–Crippen MR) is 148 cm³/mol. The highest BCUT2D eigenvalue weighted by Crippen LogP contribution is 2.39. The molecule has 2 N–H and O–H groups in total. The van der Waals surface area contributed by atoms with E-state index in [4.69, 9.17) is 4.74 Å². The number of nitrogens with one attached hydrogen (secondary N) is 2. The molecule has 0 saturated heterocycles. The lowest BCUT2D eigenvalue weighted by molar-refractivity contribution is -0.137. The molecule has 2 aromatic carbocycles. The molecule has 0 saturated carbocycles. The first-order chi connectivity index (χ1) is 18.0. The topological polar surface area (TPSA) is 84.5 Å². The second kappa shape index (κ2) is 12.8. The zero-order valence-electron chi connectivity index (χ0n) is 20.7. The summed E-state index contributed by atoms with van der Waals surface area (Å²) in [5, 5.41) is 6.31. The predicted octanol–water partition coefficient (Wildman–Crippen LogP) is 5.51. The maximum absolute atomic E-state index is 13.2. The summed E-state index contributed by atoms with van der Waals surface area (Å²) in [7, 11) is 0. The van der Waals surface area contributed by atoms with Gasteiger partial charge in [0.05, 0.1) is 12.1 Å². The Hall–Kier alpha value is -3.97. The highest BCUT2D eigenvalue weighted by molar-refractivity contribution is 7.17. The van der Waals surface area contributed by atoms with Crippen molar-refractivity contribution in [1.82, 2.24) is 5.32 Å². The first-order valence-electron chi connectivity index (χ1n) is 12.4. The molecular formula is C30H30N2O4S. The first kappa shape index (κ1) is 26.1. The van der Waals surface area contributed by atoms with E-state index in [1.54, 1.807) is 12.2 Å². The van der Waals surface area contributed by atoms with Gasteiger partial charge in [0, 0.05) is 17.0 Å². The Kier molecular flexibility index (Phi) is 9.05. The van der Waals surface area contributed by atoms with E-state index in [0.717, 1.165) is 40.8 Å². The van der Waals surface area contributed by atoms with E-state index in [2.05, 4.69) is 17.6 Å². The van der Waals surface area contributed by atoms with Crippen molar-refractivity contribution in [3.63, 3.8) is 0 Å². The molecule has 4 rings (SSSR count). The number of rotatable bonds is 9. The fourth-order valence-corrected chi connectivity index (χ4v) is 5.56. The van der Waals surface area contributed by atoms with E-state index in [9.17, 15) is 14.4 Å². The number of hydrogen-bond acceptors (Lipinski definition) is 5. The van der Waals surface area contributed by atoms with Gasteiger partial charge in [-0.2, -0.15) is 0 Å². The Morgan fingerprint density at radius 2 is 1.62 bits per heavy atom. The van der Waals surface area contributed by atoms with Crippen LogP contribution in [-0.2, 0) is 27.2 Å². The number of fused-ring (bicyclic) bond motifs is 1. The summed E-state index contributed by atoms with van der Waals surface area (Å²) >= 11 is 1.47. The number of carbonyl (C=O) groups excluding carboxylic acids is 3. The van der Waals surface area contributed by atoms with Crippen molar-refractivity contribution in [2.75, 3.05) is 18.5 Å². The number of thiophene rings is 1. The maximum atomic E-state index is 13.2. The largest absolute Gasteiger partial charge is 0.461 e. The Morgan fingerprint density at radius 3 is 2.30 bits per heavy atom. The van der Waals surface area contributed by atoms with Crippen molar-refractivity contribution in [2.24, 2.45) is 5.92 Å². The Morgan fingerprint density at radius 1 is 0.973 bits per heavy atom. The molecule has 1 heterocycles. The highest BCUT2D eigenvalue weighted by Gasteiger charge is 2.28. The summed E-state index contributed by atoms with van der Waals surface area (Å²) < 4.78 is 5.21.